The molecule has 0 radical (unpaired) electrons. The Hall–Kier alpha value is -2.86. The predicted octanol–water partition coefficient (Wildman–Crippen LogP) is 6.39. The monoisotopic (exact) mass is 497 g/mol. The van der Waals surface area contributed by atoms with Gasteiger partial charge in [-0.3, -0.25) is 4.79 Å². The molecule has 1 amide bonds. The van der Waals surface area contributed by atoms with E-state index in [2.05, 4.69) is 0 Å². The highest BCUT2D eigenvalue weighted by Crippen LogP contribution is 2.40. The van der Waals surface area contributed by atoms with Crippen LogP contribution in [0.3, 0.4) is 0 Å². The maximum atomic E-state index is 13.7. The SMILES string of the molecule is Cc1ccc(S(=O)(=O)N2C(=O)C(c3ccc(Cl)c(Cl)c3)=C[C@]2(C)/C=C/c2ccccc2)cc1. The van der Waals surface area contributed by atoms with Crippen LogP contribution in [0, 0.1) is 6.92 Å². The zero-order chi connectivity index (χ0) is 23.8. The molecule has 1 aliphatic heterocycles. The van der Waals surface area contributed by atoms with E-state index in [1.54, 1.807) is 55.5 Å². The lowest BCUT2D eigenvalue weighted by Crippen LogP contribution is -2.46. The topological polar surface area (TPSA) is 54.5 Å². The van der Waals surface area contributed by atoms with E-state index >= 15 is 0 Å². The van der Waals surface area contributed by atoms with Crippen LogP contribution >= 0.6 is 23.2 Å². The molecule has 0 aromatic heterocycles. The molecule has 4 nitrogen and oxygen atoms in total. The smallest absolute Gasteiger partial charge is 0.268 e. The van der Waals surface area contributed by atoms with Crippen LogP contribution in [0.2, 0.25) is 10.0 Å². The molecular weight excluding hydrogens is 477 g/mol. The van der Waals surface area contributed by atoms with E-state index in [1.807, 2.05) is 37.3 Å². The molecule has 7 heteroatoms. The van der Waals surface area contributed by atoms with E-state index in [4.69, 9.17) is 23.2 Å². The number of rotatable bonds is 5. The van der Waals surface area contributed by atoms with Gasteiger partial charge in [0.05, 0.1) is 20.5 Å². The Bertz CT molecular complexity index is 1380. The normalized spacial score (nSPS) is 18.7. The van der Waals surface area contributed by atoms with Gasteiger partial charge in [-0.2, -0.15) is 0 Å². The standard InChI is InChI=1S/C26H21Cl2NO3S/c1-18-8-11-21(12-9-18)33(31,32)29-25(30)22(20-10-13-23(27)24(28)16-20)17-26(29,2)15-14-19-6-4-3-5-7-19/h3-17H,1-2H3/b15-14+/t26-/m0/s1. The molecule has 33 heavy (non-hydrogen) atoms. The van der Waals surface area contributed by atoms with Gasteiger partial charge in [0.1, 0.15) is 0 Å². The lowest BCUT2D eigenvalue weighted by Gasteiger charge is -2.31. The summed E-state index contributed by atoms with van der Waals surface area (Å²) in [5, 5.41) is 0.631. The summed E-state index contributed by atoms with van der Waals surface area (Å²) in [5.74, 6) is -0.630. The van der Waals surface area contributed by atoms with Gasteiger partial charge in [0.15, 0.2) is 0 Å². The number of carbonyl (C=O) groups is 1. The van der Waals surface area contributed by atoms with E-state index in [-0.39, 0.29) is 15.5 Å². The summed E-state index contributed by atoms with van der Waals surface area (Å²) in [7, 11) is -4.15. The summed E-state index contributed by atoms with van der Waals surface area (Å²) in [4.78, 5) is 13.6. The fourth-order valence-electron chi connectivity index (χ4n) is 3.74. The average Bonchev–Trinajstić information content (AvgIpc) is 3.06. The molecule has 3 aromatic carbocycles. The second-order valence-corrected chi connectivity index (χ2v) is 10.6. The Labute approximate surface area is 203 Å². The van der Waals surface area contributed by atoms with Crippen molar-refractivity contribution in [3.8, 4) is 0 Å². The maximum Gasteiger partial charge on any atom is 0.269 e. The third kappa shape index (κ3) is 4.49. The van der Waals surface area contributed by atoms with Crippen LogP contribution in [0.4, 0.5) is 0 Å². The number of carbonyl (C=O) groups excluding carboxylic acids is 1. The largest absolute Gasteiger partial charge is 0.269 e. The third-order valence-electron chi connectivity index (χ3n) is 5.49. The predicted molar refractivity (Wildman–Crippen MR) is 134 cm³/mol. The molecule has 0 spiro atoms. The van der Waals surface area contributed by atoms with E-state index in [0.29, 0.717) is 10.6 Å². The zero-order valence-electron chi connectivity index (χ0n) is 18.0. The van der Waals surface area contributed by atoms with Crippen molar-refractivity contribution < 1.29 is 13.2 Å². The van der Waals surface area contributed by atoms with Gasteiger partial charge >= 0.3 is 0 Å². The average molecular weight is 498 g/mol. The second kappa shape index (κ2) is 8.82. The van der Waals surface area contributed by atoms with Crippen molar-refractivity contribution in [2.45, 2.75) is 24.3 Å². The first-order chi connectivity index (χ1) is 15.6. The van der Waals surface area contributed by atoms with E-state index < -0.39 is 21.5 Å². The fourth-order valence-corrected chi connectivity index (χ4v) is 5.68. The van der Waals surface area contributed by atoms with Crippen LogP contribution in [0.15, 0.2) is 89.8 Å². The maximum absolute atomic E-state index is 13.7. The molecule has 0 fully saturated rings. The molecule has 3 aromatic rings. The summed E-state index contributed by atoms with van der Waals surface area (Å²) in [6.07, 6.45) is 5.18. The minimum absolute atomic E-state index is 0.0459. The van der Waals surface area contributed by atoms with Crippen molar-refractivity contribution in [1.29, 1.82) is 0 Å². The number of hydrogen-bond donors (Lipinski definition) is 0. The van der Waals surface area contributed by atoms with Gasteiger partial charge in [-0.15, -0.1) is 0 Å². The first kappa shape index (κ1) is 23.3. The number of hydrogen-bond acceptors (Lipinski definition) is 3. The van der Waals surface area contributed by atoms with Crippen LogP contribution in [0.25, 0.3) is 11.6 Å². The first-order valence-electron chi connectivity index (χ1n) is 10.2. The van der Waals surface area contributed by atoms with Gasteiger partial charge in [0, 0.05) is 5.57 Å². The number of nitrogens with zero attached hydrogens (tertiary/aromatic N) is 1. The van der Waals surface area contributed by atoms with Crippen molar-refractivity contribution in [3.63, 3.8) is 0 Å². The summed E-state index contributed by atoms with van der Waals surface area (Å²) >= 11 is 12.2. The molecule has 0 N–H and O–H groups in total. The molecule has 0 bridgehead atoms. The van der Waals surface area contributed by atoms with Crippen molar-refractivity contribution >= 4 is 50.8 Å². The molecule has 0 unspecified atom stereocenters. The highest BCUT2D eigenvalue weighted by Gasteiger charge is 2.48. The van der Waals surface area contributed by atoms with Crippen LogP contribution < -0.4 is 0 Å². The highest BCUT2D eigenvalue weighted by atomic mass is 35.5. The molecule has 1 atom stereocenters. The second-order valence-electron chi connectivity index (χ2n) is 8.04. The van der Waals surface area contributed by atoms with Crippen molar-refractivity contribution in [3.05, 3.63) is 112 Å². The molecule has 4 rings (SSSR count). The van der Waals surface area contributed by atoms with Crippen molar-refractivity contribution in [1.82, 2.24) is 4.31 Å². The lowest BCUT2D eigenvalue weighted by atomic mass is 9.99. The molecule has 1 heterocycles. The number of benzene rings is 3. The van der Waals surface area contributed by atoms with Crippen LogP contribution in [-0.4, -0.2) is 24.2 Å². The number of sulfonamides is 1. The first-order valence-corrected chi connectivity index (χ1v) is 12.4. The Morgan fingerprint density at radius 1 is 0.909 bits per heavy atom. The van der Waals surface area contributed by atoms with E-state index in [9.17, 15) is 13.2 Å². The summed E-state index contributed by atoms with van der Waals surface area (Å²) in [6, 6.07) is 20.7. The molecular formula is C26H21Cl2NO3S. The number of amides is 1. The number of halogens is 2. The molecule has 0 saturated carbocycles. The molecule has 1 aliphatic rings. The zero-order valence-corrected chi connectivity index (χ0v) is 20.3. The van der Waals surface area contributed by atoms with Gasteiger partial charge in [0.25, 0.3) is 15.9 Å². The van der Waals surface area contributed by atoms with E-state index in [1.165, 1.54) is 12.1 Å². The fraction of sp³-hybridized carbons (Fsp3) is 0.115. The number of aryl methyl sites for hydroxylation is 1. The van der Waals surface area contributed by atoms with E-state index in [0.717, 1.165) is 15.4 Å². The Kier molecular flexibility index (Phi) is 6.23. The van der Waals surface area contributed by atoms with Crippen molar-refractivity contribution in [2.24, 2.45) is 0 Å². The Morgan fingerprint density at radius 3 is 2.21 bits per heavy atom. The molecule has 0 aliphatic carbocycles. The minimum atomic E-state index is -4.15. The van der Waals surface area contributed by atoms with Crippen molar-refractivity contribution in [2.75, 3.05) is 0 Å². The Balaban J connectivity index is 1.86. The van der Waals surface area contributed by atoms with Gasteiger partial charge in [-0.25, -0.2) is 12.7 Å². The lowest BCUT2D eigenvalue weighted by molar-refractivity contribution is -0.121. The summed E-state index contributed by atoms with van der Waals surface area (Å²) in [6.45, 7) is 3.56. The van der Waals surface area contributed by atoms with Gasteiger partial charge in [0.2, 0.25) is 0 Å². The summed E-state index contributed by atoms with van der Waals surface area (Å²) < 4.78 is 28.3. The third-order valence-corrected chi connectivity index (χ3v) is 8.14. The minimum Gasteiger partial charge on any atom is -0.268 e. The van der Waals surface area contributed by atoms with Gasteiger partial charge < -0.3 is 0 Å². The van der Waals surface area contributed by atoms with Crippen LogP contribution in [0.1, 0.15) is 23.6 Å². The summed E-state index contributed by atoms with van der Waals surface area (Å²) in [5.41, 5.74) is 1.30. The van der Waals surface area contributed by atoms with Gasteiger partial charge in [-0.1, -0.05) is 89.4 Å². The highest BCUT2D eigenvalue weighted by molar-refractivity contribution is 7.89. The quantitative estimate of drug-likeness (QED) is 0.410. The van der Waals surface area contributed by atoms with Crippen LogP contribution in [0.5, 0.6) is 0 Å². The Morgan fingerprint density at radius 2 is 1.58 bits per heavy atom. The molecule has 0 saturated heterocycles. The van der Waals surface area contributed by atoms with Gasteiger partial charge in [-0.05, 0) is 55.3 Å². The van der Waals surface area contributed by atoms with Crippen LogP contribution in [-0.2, 0) is 14.8 Å². The molecule has 168 valence electrons.